The predicted molar refractivity (Wildman–Crippen MR) is 107 cm³/mol. The van der Waals surface area contributed by atoms with Gasteiger partial charge in [0, 0.05) is 17.0 Å². The van der Waals surface area contributed by atoms with Crippen LogP contribution in [-0.4, -0.2) is 34.3 Å². The van der Waals surface area contributed by atoms with Gasteiger partial charge < -0.3 is 10.2 Å². The normalized spacial score (nSPS) is 12.2. The zero-order chi connectivity index (χ0) is 19.1. The number of nitrogens with zero attached hydrogens (tertiary/aromatic N) is 2. The highest BCUT2D eigenvalue weighted by Gasteiger charge is 2.20. The molecule has 1 N–H and O–H groups in total. The molecular weight excluding hydrogens is 346 g/mol. The van der Waals surface area contributed by atoms with Gasteiger partial charge in [0.2, 0.25) is 11.8 Å². The molecule has 138 valence electrons. The first kappa shape index (κ1) is 19.8. The number of benzene rings is 1. The molecule has 2 aromatic rings. The monoisotopic (exact) mass is 371 g/mol. The quantitative estimate of drug-likeness (QED) is 0.747. The Balaban J connectivity index is 2.05. The van der Waals surface area contributed by atoms with Crippen molar-refractivity contribution >= 4 is 34.4 Å². The van der Waals surface area contributed by atoms with Gasteiger partial charge in [0.1, 0.15) is 6.54 Å². The largest absolute Gasteiger partial charge is 0.327 e. The summed E-state index contributed by atoms with van der Waals surface area (Å²) in [7, 11) is 0. The SMILES string of the molecule is CCC(C)N(CC(=O)Nc1nc(C)c(C)s1)C(=O)/C=C/c1ccccc1. The van der Waals surface area contributed by atoms with Gasteiger partial charge in [-0.3, -0.25) is 9.59 Å². The predicted octanol–water partition coefficient (Wildman–Crippen LogP) is 4.04. The van der Waals surface area contributed by atoms with Gasteiger partial charge in [-0.2, -0.15) is 0 Å². The smallest absolute Gasteiger partial charge is 0.247 e. The number of carbonyl (C=O) groups is 2. The fourth-order valence-corrected chi connectivity index (χ4v) is 3.17. The number of amides is 2. The average molecular weight is 372 g/mol. The van der Waals surface area contributed by atoms with E-state index in [1.165, 1.54) is 17.4 Å². The highest BCUT2D eigenvalue weighted by atomic mass is 32.1. The van der Waals surface area contributed by atoms with Crippen LogP contribution in [0.4, 0.5) is 5.13 Å². The van der Waals surface area contributed by atoms with Crippen molar-refractivity contribution < 1.29 is 9.59 Å². The van der Waals surface area contributed by atoms with Crippen LogP contribution >= 0.6 is 11.3 Å². The summed E-state index contributed by atoms with van der Waals surface area (Å²) < 4.78 is 0. The Morgan fingerprint density at radius 3 is 2.54 bits per heavy atom. The van der Waals surface area contributed by atoms with Crippen molar-refractivity contribution in [2.75, 3.05) is 11.9 Å². The second-order valence-corrected chi connectivity index (χ2v) is 7.38. The molecule has 0 aliphatic carbocycles. The maximum Gasteiger partial charge on any atom is 0.247 e. The van der Waals surface area contributed by atoms with E-state index in [1.807, 2.05) is 58.0 Å². The molecule has 0 radical (unpaired) electrons. The van der Waals surface area contributed by atoms with Crippen molar-refractivity contribution in [1.29, 1.82) is 0 Å². The molecule has 5 nitrogen and oxygen atoms in total. The van der Waals surface area contributed by atoms with E-state index in [-0.39, 0.29) is 24.4 Å². The summed E-state index contributed by atoms with van der Waals surface area (Å²) in [5.74, 6) is -0.412. The molecular formula is C20H25N3O2S. The average Bonchev–Trinajstić information content (AvgIpc) is 2.95. The lowest BCUT2D eigenvalue weighted by atomic mass is 10.2. The summed E-state index contributed by atoms with van der Waals surface area (Å²) >= 11 is 1.44. The van der Waals surface area contributed by atoms with Crippen LogP contribution in [0.25, 0.3) is 6.08 Å². The minimum Gasteiger partial charge on any atom is -0.327 e. The molecule has 1 aromatic heterocycles. The van der Waals surface area contributed by atoms with Gasteiger partial charge in [0.05, 0.1) is 5.69 Å². The third-order valence-electron chi connectivity index (χ3n) is 4.21. The van der Waals surface area contributed by atoms with Gasteiger partial charge in [-0.25, -0.2) is 4.98 Å². The summed E-state index contributed by atoms with van der Waals surface area (Å²) in [6, 6.07) is 9.59. The van der Waals surface area contributed by atoms with Gasteiger partial charge in [0.15, 0.2) is 5.13 Å². The van der Waals surface area contributed by atoms with E-state index in [2.05, 4.69) is 10.3 Å². The number of aromatic nitrogens is 1. The lowest BCUT2D eigenvalue weighted by Crippen LogP contribution is -2.42. The van der Waals surface area contributed by atoms with Gasteiger partial charge in [0.25, 0.3) is 0 Å². The standard InChI is InChI=1S/C20H25N3O2S/c1-5-14(2)23(19(25)12-11-17-9-7-6-8-10-17)13-18(24)22-20-21-15(3)16(4)26-20/h6-12,14H,5,13H2,1-4H3,(H,21,22,24)/b12-11+. The molecule has 6 heteroatoms. The number of hydrogen-bond acceptors (Lipinski definition) is 4. The second-order valence-electron chi connectivity index (χ2n) is 6.18. The lowest BCUT2D eigenvalue weighted by molar-refractivity contribution is -0.132. The fourth-order valence-electron chi connectivity index (χ4n) is 2.34. The Hall–Kier alpha value is -2.47. The van der Waals surface area contributed by atoms with Crippen LogP contribution in [0, 0.1) is 13.8 Å². The zero-order valence-corrected chi connectivity index (χ0v) is 16.5. The Bertz CT molecular complexity index is 764. The summed E-state index contributed by atoms with van der Waals surface area (Å²) in [6.45, 7) is 7.82. The number of anilines is 1. The van der Waals surface area contributed by atoms with E-state index in [1.54, 1.807) is 11.0 Å². The second kappa shape index (κ2) is 9.29. The van der Waals surface area contributed by atoms with E-state index in [9.17, 15) is 9.59 Å². The van der Waals surface area contributed by atoms with Gasteiger partial charge in [-0.15, -0.1) is 11.3 Å². The summed E-state index contributed by atoms with van der Waals surface area (Å²) in [5.41, 5.74) is 1.86. The highest BCUT2D eigenvalue weighted by molar-refractivity contribution is 7.15. The summed E-state index contributed by atoms with van der Waals surface area (Å²) in [6.07, 6.45) is 4.06. The van der Waals surface area contributed by atoms with E-state index in [4.69, 9.17) is 0 Å². The zero-order valence-electron chi connectivity index (χ0n) is 15.7. The first-order valence-electron chi connectivity index (χ1n) is 8.68. The molecule has 0 bridgehead atoms. The molecule has 0 saturated carbocycles. The maximum absolute atomic E-state index is 12.6. The Kier molecular flexibility index (Phi) is 7.09. The van der Waals surface area contributed by atoms with Gasteiger partial charge >= 0.3 is 0 Å². The maximum atomic E-state index is 12.6. The molecule has 0 saturated heterocycles. The molecule has 2 amide bonds. The first-order valence-corrected chi connectivity index (χ1v) is 9.50. The number of carbonyl (C=O) groups excluding carboxylic acids is 2. The van der Waals surface area contributed by atoms with Crippen LogP contribution in [0.5, 0.6) is 0 Å². The number of nitrogens with one attached hydrogen (secondary N) is 1. The van der Waals surface area contributed by atoms with Crippen molar-refractivity contribution in [3.63, 3.8) is 0 Å². The molecule has 2 rings (SSSR count). The summed E-state index contributed by atoms with van der Waals surface area (Å²) in [5, 5.41) is 3.36. The summed E-state index contributed by atoms with van der Waals surface area (Å²) in [4.78, 5) is 32.0. The van der Waals surface area contributed by atoms with E-state index < -0.39 is 0 Å². The van der Waals surface area contributed by atoms with Gasteiger partial charge in [-0.1, -0.05) is 37.3 Å². The molecule has 0 fully saturated rings. The third kappa shape index (κ3) is 5.52. The highest BCUT2D eigenvalue weighted by Crippen LogP contribution is 2.21. The number of aryl methyl sites for hydroxylation is 2. The van der Waals surface area contributed by atoms with Crippen LogP contribution in [0.3, 0.4) is 0 Å². The van der Waals surface area contributed by atoms with Crippen LogP contribution < -0.4 is 5.32 Å². The van der Waals surface area contributed by atoms with E-state index in [0.29, 0.717) is 5.13 Å². The minimum absolute atomic E-state index is 0.00461. The van der Waals surface area contributed by atoms with Gasteiger partial charge in [-0.05, 0) is 38.8 Å². The van der Waals surface area contributed by atoms with Crippen molar-refractivity contribution in [2.24, 2.45) is 0 Å². The fraction of sp³-hybridized carbons (Fsp3) is 0.350. The number of thiazole rings is 1. The molecule has 1 unspecified atom stereocenters. The van der Waals surface area contributed by atoms with Crippen molar-refractivity contribution in [2.45, 2.75) is 40.2 Å². The number of hydrogen-bond donors (Lipinski definition) is 1. The van der Waals surface area contributed by atoms with E-state index in [0.717, 1.165) is 22.6 Å². The topological polar surface area (TPSA) is 62.3 Å². The lowest BCUT2D eigenvalue weighted by Gasteiger charge is -2.26. The molecule has 1 aromatic carbocycles. The molecule has 1 atom stereocenters. The Morgan fingerprint density at radius 2 is 1.96 bits per heavy atom. The van der Waals surface area contributed by atoms with E-state index >= 15 is 0 Å². The Labute approximate surface area is 158 Å². The molecule has 0 aliphatic heterocycles. The minimum atomic E-state index is -0.236. The molecule has 0 spiro atoms. The van der Waals surface area contributed by atoms with Crippen molar-refractivity contribution in [3.8, 4) is 0 Å². The molecule has 0 aliphatic rings. The van der Waals surface area contributed by atoms with Crippen LogP contribution in [-0.2, 0) is 9.59 Å². The van der Waals surface area contributed by atoms with Crippen LogP contribution in [0.15, 0.2) is 36.4 Å². The van der Waals surface area contributed by atoms with Crippen LogP contribution in [0.2, 0.25) is 0 Å². The first-order chi connectivity index (χ1) is 12.4. The van der Waals surface area contributed by atoms with Crippen LogP contribution in [0.1, 0.15) is 36.4 Å². The molecule has 1 heterocycles. The van der Waals surface area contributed by atoms with Crippen molar-refractivity contribution in [1.82, 2.24) is 9.88 Å². The Morgan fingerprint density at radius 1 is 1.27 bits per heavy atom. The van der Waals surface area contributed by atoms with Crippen molar-refractivity contribution in [3.05, 3.63) is 52.5 Å². The molecule has 26 heavy (non-hydrogen) atoms. The number of rotatable bonds is 7. The third-order valence-corrected chi connectivity index (χ3v) is 5.20.